The fourth-order valence-corrected chi connectivity index (χ4v) is 3.75. The summed E-state index contributed by atoms with van der Waals surface area (Å²) in [6, 6.07) is 7.14. The standard InChI is InChI=1S/C18H19ClN2O3/c1-18(2)10-21(15-8-23-9-16(15)24-18)17(22)13-5-6-20-14-7-11(19)3-4-12(13)14/h3-7,15-16H,8-10H2,1-2H3/t15-,16-/m1/s1. The van der Waals surface area contributed by atoms with Crippen LogP contribution in [0.3, 0.4) is 0 Å². The van der Waals surface area contributed by atoms with Crippen molar-refractivity contribution in [3.63, 3.8) is 0 Å². The molecule has 1 aromatic heterocycles. The van der Waals surface area contributed by atoms with E-state index in [1.807, 2.05) is 24.8 Å². The lowest BCUT2D eigenvalue weighted by atomic mass is 9.99. The molecule has 2 aromatic rings. The first-order valence-electron chi connectivity index (χ1n) is 8.05. The average molecular weight is 347 g/mol. The van der Waals surface area contributed by atoms with Gasteiger partial charge in [0, 0.05) is 23.2 Å². The van der Waals surface area contributed by atoms with Gasteiger partial charge in [0.25, 0.3) is 5.91 Å². The summed E-state index contributed by atoms with van der Waals surface area (Å²) in [5, 5.41) is 1.42. The third kappa shape index (κ3) is 2.66. The van der Waals surface area contributed by atoms with Crippen LogP contribution in [0.4, 0.5) is 0 Å². The first-order chi connectivity index (χ1) is 11.4. The van der Waals surface area contributed by atoms with Gasteiger partial charge in [0.15, 0.2) is 0 Å². The van der Waals surface area contributed by atoms with Gasteiger partial charge < -0.3 is 14.4 Å². The second-order valence-corrected chi connectivity index (χ2v) is 7.41. The molecule has 2 aliphatic heterocycles. The Morgan fingerprint density at radius 2 is 2.17 bits per heavy atom. The van der Waals surface area contributed by atoms with Gasteiger partial charge in [-0.1, -0.05) is 17.7 Å². The number of benzene rings is 1. The lowest BCUT2D eigenvalue weighted by Crippen LogP contribution is -2.60. The quantitative estimate of drug-likeness (QED) is 0.796. The number of carbonyl (C=O) groups excluding carboxylic acids is 1. The molecule has 0 spiro atoms. The predicted molar refractivity (Wildman–Crippen MR) is 91.3 cm³/mol. The van der Waals surface area contributed by atoms with Crippen LogP contribution in [0.25, 0.3) is 10.9 Å². The molecule has 24 heavy (non-hydrogen) atoms. The zero-order valence-electron chi connectivity index (χ0n) is 13.7. The lowest BCUT2D eigenvalue weighted by molar-refractivity contribution is -0.137. The highest BCUT2D eigenvalue weighted by Gasteiger charge is 2.46. The molecule has 0 aliphatic carbocycles. The van der Waals surface area contributed by atoms with Crippen LogP contribution in [0, 0.1) is 0 Å². The van der Waals surface area contributed by atoms with Gasteiger partial charge >= 0.3 is 0 Å². The Morgan fingerprint density at radius 3 is 3.00 bits per heavy atom. The van der Waals surface area contributed by atoms with Crippen molar-refractivity contribution in [2.45, 2.75) is 31.6 Å². The van der Waals surface area contributed by atoms with Crippen LogP contribution in [0.1, 0.15) is 24.2 Å². The Hall–Kier alpha value is -1.69. The van der Waals surface area contributed by atoms with Crippen LogP contribution in [0.2, 0.25) is 5.02 Å². The van der Waals surface area contributed by atoms with E-state index in [2.05, 4.69) is 4.98 Å². The van der Waals surface area contributed by atoms with Gasteiger partial charge in [-0.2, -0.15) is 0 Å². The van der Waals surface area contributed by atoms with Crippen LogP contribution in [0.5, 0.6) is 0 Å². The summed E-state index contributed by atoms with van der Waals surface area (Å²) in [4.78, 5) is 19.5. The van der Waals surface area contributed by atoms with E-state index in [1.54, 1.807) is 24.4 Å². The fourth-order valence-electron chi connectivity index (χ4n) is 3.59. The number of hydrogen-bond acceptors (Lipinski definition) is 4. The number of halogens is 1. The Labute approximate surface area is 145 Å². The number of aromatic nitrogens is 1. The average Bonchev–Trinajstić information content (AvgIpc) is 2.99. The van der Waals surface area contributed by atoms with Crippen molar-refractivity contribution in [2.75, 3.05) is 19.8 Å². The molecule has 0 bridgehead atoms. The molecule has 0 radical (unpaired) electrons. The Kier molecular flexibility index (Phi) is 3.75. The molecule has 1 aromatic carbocycles. The third-order valence-corrected chi connectivity index (χ3v) is 4.85. The number of morpholine rings is 1. The molecule has 0 N–H and O–H groups in total. The fraction of sp³-hybridized carbons (Fsp3) is 0.444. The van der Waals surface area contributed by atoms with Crippen molar-refractivity contribution >= 4 is 28.4 Å². The monoisotopic (exact) mass is 346 g/mol. The topological polar surface area (TPSA) is 51.7 Å². The van der Waals surface area contributed by atoms with Crippen molar-refractivity contribution in [3.8, 4) is 0 Å². The molecule has 4 rings (SSSR count). The van der Waals surface area contributed by atoms with E-state index in [1.165, 1.54) is 0 Å². The Morgan fingerprint density at radius 1 is 1.33 bits per heavy atom. The molecular weight excluding hydrogens is 328 g/mol. The lowest BCUT2D eigenvalue weighted by Gasteiger charge is -2.45. The highest BCUT2D eigenvalue weighted by atomic mass is 35.5. The smallest absolute Gasteiger partial charge is 0.255 e. The number of ether oxygens (including phenoxy) is 2. The normalized spacial score (nSPS) is 25.7. The largest absolute Gasteiger partial charge is 0.376 e. The van der Waals surface area contributed by atoms with E-state index in [0.29, 0.717) is 30.3 Å². The van der Waals surface area contributed by atoms with Crippen LogP contribution < -0.4 is 0 Å². The summed E-state index contributed by atoms with van der Waals surface area (Å²) in [5.41, 5.74) is 0.969. The number of rotatable bonds is 1. The number of nitrogens with zero attached hydrogens (tertiary/aromatic N) is 2. The second-order valence-electron chi connectivity index (χ2n) is 6.97. The third-order valence-electron chi connectivity index (χ3n) is 4.62. The zero-order valence-corrected chi connectivity index (χ0v) is 14.4. The maximum Gasteiger partial charge on any atom is 0.255 e. The van der Waals surface area contributed by atoms with Gasteiger partial charge in [-0.25, -0.2) is 0 Å². The molecule has 2 fully saturated rings. The first-order valence-corrected chi connectivity index (χ1v) is 8.43. The van der Waals surface area contributed by atoms with Crippen LogP contribution in [-0.2, 0) is 9.47 Å². The summed E-state index contributed by atoms with van der Waals surface area (Å²) in [7, 11) is 0. The van der Waals surface area contributed by atoms with E-state index in [-0.39, 0.29) is 18.1 Å². The molecule has 5 nitrogen and oxygen atoms in total. The molecular formula is C18H19ClN2O3. The molecule has 126 valence electrons. The number of amides is 1. The minimum absolute atomic E-state index is 0.0124. The maximum absolute atomic E-state index is 13.3. The van der Waals surface area contributed by atoms with Crippen LogP contribution in [0.15, 0.2) is 30.5 Å². The molecule has 2 atom stereocenters. The van der Waals surface area contributed by atoms with Gasteiger partial charge in [0.05, 0.1) is 35.9 Å². The Balaban J connectivity index is 1.75. The number of pyridine rings is 1. The minimum atomic E-state index is -0.392. The number of carbonyl (C=O) groups is 1. The van der Waals surface area contributed by atoms with Crippen molar-refractivity contribution in [1.29, 1.82) is 0 Å². The highest BCUT2D eigenvalue weighted by molar-refractivity contribution is 6.31. The summed E-state index contributed by atoms with van der Waals surface area (Å²) in [5.74, 6) is -0.0124. The minimum Gasteiger partial charge on any atom is -0.376 e. The molecule has 2 aliphatic rings. The molecule has 1 amide bonds. The summed E-state index contributed by atoms with van der Waals surface area (Å²) in [6.07, 6.45) is 1.58. The molecule has 6 heteroatoms. The van der Waals surface area contributed by atoms with Crippen molar-refractivity contribution < 1.29 is 14.3 Å². The summed E-state index contributed by atoms with van der Waals surface area (Å²) < 4.78 is 11.6. The van der Waals surface area contributed by atoms with E-state index < -0.39 is 5.60 Å². The van der Waals surface area contributed by atoms with Crippen LogP contribution >= 0.6 is 11.6 Å². The summed E-state index contributed by atoms with van der Waals surface area (Å²) in [6.45, 7) is 5.60. The molecule has 0 saturated carbocycles. The second kappa shape index (κ2) is 5.69. The van der Waals surface area contributed by atoms with Crippen LogP contribution in [-0.4, -0.2) is 53.3 Å². The SMILES string of the molecule is CC1(C)CN(C(=O)c2ccnc3cc(Cl)ccc23)[C@@H]2COC[C@H]2O1. The van der Waals surface area contributed by atoms with Gasteiger partial charge in [-0.3, -0.25) is 9.78 Å². The maximum atomic E-state index is 13.3. The Bertz CT molecular complexity index is 808. The van der Waals surface area contributed by atoms with E-state index >= 15 is 0 Å². The van der Waals surface area contributed by atoms with Gasteiger partial charge in [0.2, 0.25) is 0 Å². The molecule has 0 unspecified atom stereocenters. The van der Waals surface area contributed by atoms with Gasteiger partial charge in [0.1, 0.15) is 6.10 Å². The van der Waals surface area contributed by atoms with Crippen molar-refractivity contribution in [1.82, 2.24) is 9.88 Å². The zero-order chi connectivity index (χ0) is 16.9. The first kappa shape index (κ1) is 15.8. The summed E-state index contributed by atoms with van der Waals surface area (Å²) >= 11 is 6.04. The van der Waals surface area contributed by atoms with Gasteiger partial charge in [-0.15, -0.1) is 0 Å². The van der Waals surface area contributed by atoms with Crippen molar-refractivity contribution in [2.24, 2.45) is 0 Å². The van der Waals surface area contributed by atoms with E-state index in [9.17, 15) is 4.79 Å². The predicted octanol–water partition coefficient (Wildman–Crippen LogP) is 2.91. The molecule has 2 saturated heterocycles. The number of hydrogen-bond donors (Lipinski definition) is 0. The van der Waals surface area contributed by atoms with Crippen molar-refractivity contribution in [3.05, 3.63) is 41.0 Å². The molecule has 3 heterocycles. The number of fused-ring (bicyclic) bond motifs is 2. The van der Waals surface area contributed by atoms with E-state index in [0.717, 1.165) is 10.9 Å². The van der Waals surface area contributed by atoms with Gasteiger partial charge in [-0.05, 0) is 32.0 Å². The highest BCUT2D eigenvalue weighted by Crippen LogP contribution is 2.32. The van der Waals surface area contributed by atoms with E-state index in [4.69, 9.17) is 21.1 Å².